The van der Waals surface area contributed by atoms with Gasteiger partial charge in [-0.2, -0.15) is 0 Å². The molecule has 0 aromatic heterocycles. The van der Waals surface area contributed by atoms with E-state index in [-0.39, 0.29) is 16.5 Å². The second-order valence-corrected chi connectivity index (χ2v) is 8.24. The molecule has 0 spiro atoms. The van der Waals surface area contributed by atoms with Crippen LogP contribution in [0.3, 0.4) is 0 Å². The fraction of sp³-hybridized carbons (Fsp3) is 0.263. The fourth-order valence-electron chi connectivity index (χ4n) is 2.32. The predicted octanol–water partition coefficient (Wildman–Crippen LogP) is 1.97. The first kappa shape index (κ1) is 20.6. The molecule has 0 saturated carbocycles. The quantitative estimate of drug-likeness (QED) is 0.730. The third-order valence-electron chi connectivity index (χ3n) is 3.86. The Labute approximate surface area is 159 Å². The van der Waals surface area contributed by atoms with Crippen LogP contribution in [0.1, 0.15) is 28.9 Å². The van der Waals surface area contributed by atoms with Gasteiger partial charge in [-0.1, -0.05) is 36.4 Å². The Hall–Kier alpha value is -2.71. The highest BCUT2D eigenvalue weighted by atomic mass is 32.2. The third kappa shape index (κ3) is 5.38. The molecule has 1 N–H and O–H groups in total. The Kier molecular flexibility index (Phi) is 6.70. The largest absolute Gasteiger partial charge is 0.452 e. The van der Waals surface area contributed by atoms with Crippen LogP contribution >= 0.6 is 0 Å². The molecule has 0 aliphatic rings. The average Bonchev–Trinajstić information content (AvgIpc) is 2.66. The number of amides is 1. The lowest BCUT2D eigenvalue weighted by atomic mass is 10.1. The van der Waals surface area contributed by atoms with E-state index in [4.69, 9.17) is 4.74 Å². The maximum absolute atomic E-state index is 12.1. The van der Waals surface area contributed by atoms with Gasteiger partial charge in [-0.3, -0.25) is 4.79 Å². The number of benzene rings is 2. The molecule has 2 aromatic rings. The molecule has 2 aromatic carbocycles. The van der Waals surface area contributed by atoms with Crippen molar-refractivity contribution in [3.63, 3.8) is 0 Å². The number of nitrogens with one attached hydrogen (secondary N) is 1. The Balaban J connectivity index is 1.97. The van der Waals surface area contributed by atoms with Crippen molar-refractivity contribution >= 4 is 21.9 Å². The number of sulfonamides is 1. The molecule has 1 amide bonds. The van der Waals surface area contributed by atoms with E-state index in [1.165, 1.54) is 38.4 Å². The van der Waals surface area contributed by atoms with Crippen LogP contribution < -0.4 is 5.32 Å². The molecule has 27 heavy (non-hydrogen) atoms. The second-order valence-electron chi connectivity index (χ2n) is 6.09. The number of nitrogens with zero attached hydrogens (tertiary/aromatic N) is 1. The van der Waals surface area contributed by atoms with E-state index in [2.05, 4.69) is 5.32 Å². The van der Waals surface area contributed by atoms with Crippen LogP contribution in [0.5, 0.6) is 0 Å². The molecular weight excluding hydrogens is 368 g/mol. The van der Waals surface area contributed by atoms with Gasteiger partial charge in [0, 0.05) is 14.1 Å². The van der Waals surface area contributed by atoms with Crippen molar-refractivity contribution < 1.29 is 22.7 Å². The topological polar surface area (TPSA) is 92.8 Å². The zero-order chi connectivity index (χ0) is 20.0. The van der Waals surface area contributed by atoms with E-state index in [1.807, 2.05) is 37.3 Å². The normalized spacial score (nSPS) is 12.4. The van der Waals surface area contributed by atoms with Crippen LogP contribution in [-0.4, -0.2) is 45.3 Å². The minimum atomic E-state index is -3.66. The molecule has 0 heterocycles. The zero-order valence-electron chi connectivity index (χ0n) is 15.4. The Morgan fingerprint density at radius 1 is 1.07 bits per heavy atom. The number of carbonyl (C=O) groups excluding carboxylic acids is 2. The van der Waals surface area contributed by atoms with Gasteiger partial charge in [-0.05, 0) is 30.7 Å². The minimum absolute atomic E-state index is 0.0240. The smallest absolute Gasteiger partial charge is 0.338 e. The highest BCUT2D eigenvalue weighted by molar-refractivity contribution is 7.89. The highest BCUT2D eigenvalue weighted by Gasteiger charge is 2.19. The second kappa shape index (κ2) is 8.79. The number of carbonyl (C=O) groups is 2. The molecule has 0 fully saturated rings. The average molecular weight is 390 g/mol. The molecule has 0 saturated heterocycles. The summed E-state index contributed by atoms with van der Waals surface area (Å²) in [6.07, 6.45) is 0. The van der Waals surface area contributed by atoms with Crippen molar-refractivity contribution in [2.45, 2.75) is 17.9 Å². The van der Waals surface area contributed by atoms with E-state index >= 15 is 0 Å². The number of esters is 1. The van der Waals surface area contributed by atoms with Gasteiger partial charge in [0.1, 0.15) is 0 Å². The molecule has 2 rings (SSSR count). The Bertz CT molecular complexity index is 911. The Morgan fingerprint density at radius 3 is 2.37 bits per heavy atom. The highest BCUT2D eigenvalue weighted by Crippen LogP contribution is 2.15. The maximum Gasteiger partial charge on any atom is 0.338 e. The lowest BCUT2D eigenvalue weighted by molar-refractivity contribution is -0.124. The third-order valence-corrected chi connectivity index (χ3v) is 5.67. The molecule has 8 heteroatoms. The molecule has 144 valence electrons. The first-order valence-corrected chi connectivity index (χ1v) is 9.70. The molecule has 0 aliphatic heterocycles. The zero-order valence-corrected chi connectivity index (χ0v) is 16.2. The molecule has 0 bridgehead atoms. The first-order chi connectivity index (χ1) is 12.7. The number of rotatable bonds is 7. The summed E-state index contributed by atoms with van der Waals surface area (Å²) in [6.45, 7) is 1.37. The molecule has 0 aliphatic carbocycles. The first-order valence-electron chi connectivity index (χ1n) is 8.26. The summed E-state index contributed by atoms with van der Waals surface area (Å²) in [4.78, 5) is 24.1. The van der Waals surface area contributed by atoms with Crippen molar-refractivity contribution in [2.75, 3.05) is 20.7 Å². The van der Waals surface area contributed by atoms with Crippen LogP contribution in [0.4, 0.5) is 0 Å². The van der Waals surface area contributed by atoms with Gasteiger partial charge in [0.15, 0.2) is 6.61 Å². The van der Waals surface area contributed by atoms with E-state index in [9.17, 15) is 18.0 Å². The summed E-state index contributed by atoms with van der Waals surface area (Å²) in [6, 6.07) is 14.6. The summed E-state index contributed by atoms with van der Waals surface area (Å²) < 4.78 is 30.3. The van der Waals surface area contributed by atoms with Crippen LogP contribution in [0.2, 0.25) is 0 Å². The van der Waals surface area contributed by atoms with Crippen molar-refractivity contribution in [3.8, 4) is 0 Å². The van der Waals surface area contributed by atoms with Crippen molar-refractivity contribution in [2.24, 2.45) is 0 Å². The molecule has 7 nitrogen and oxygen atoms in total. The lowest BCUT2D eigenvalue weighted by Crippen LogP contribution is -2.31. The fourth-order valence-corrected chi connectivity index (χ4v) is 3.27. The van der Waals surface area contributed by atoms with E-state index in [0.29, 0.717) is 0 Å². The van der Waals surface area contributed by atoms with Crippen LogP contribution in [-0.2, 0) is 19.6 Å². The molecule has 1 unspecified atom stereocenters. The van der Waals surface area contributed by atoms with Gasteiger partial charge in [0.2, 0.25) is 10.0 Å². The number of hydrogen-bond acceptors (Lipinski definition) is 5. The molecular formula is C19H22N2O5S. The van der Waals surface area contributed by atoms with Crippen molar-refractivity contribution in [3.05, 3.63) is 65.7 Å². The lowest BCUT2D eigenvalue weighted by Gasteiger charge is -2.14. The Morgan fingerprint density at radius 2 is 1.74 bits per heavy atom. The monoisotopic (exact) mass is 390 g/mol. The molecule has 1 atom stereocenters. The van der Waals surface area contributed by atoms with Crippen molar-refractivity contribution in [1.29, 1.82) is 0 Å². The summed E-state index contributed by atoms with van der Waals surface area (Å²) >= 11 is 0. The van der Waals surface area contributed by atoms with Crippen LogP contribution in [0.25, 0.3) is 0 Å². The number of hydrogen-bond donors (Lipinski definition) is 1. The molecule has 0 radical (unpaired) electrons. The van der Waals surface area contributed by atoms with Gasteiger partial charge in [-0.15, -0.1) is 0 Å². The van der Waals surface area contributed by atoms with Crippen LogP contribution in [0.15, 0.2) is 59.5 Å². The summed E-state index contributed by atoms with van der Waals surface area (Å²) in [7, 11) is -0.862. The minimum Gasteiger partial charge on any atom is -0.452 e. The van der Waals surface area contributed by atoms with Gasteiger partial charge in [-0.25, -0.2) is 17.5 Å². The summed E-state index contributed by atoms with van der Waals surface area (Å²) in [5.41, 5.74) is 0.987. The van der Waals surface area contributed by atoms with Crippen LogP contribution in [0, 0.1) is 0 Å². The van der Waals surface area contributed by atoms with E-state index in [1.54, 1.807) is 0 Å². The predicted molar refractivity (Wildman–Crippen MR) is 101 cm³/mol. The standard InChI is InChI=1S/C19H22N2O5S/c1-14(15-8-5-4-6-9-15)20-18(22)13-26-19(23)16-10-7-11-17(12-16)27(24,25)21(2)3/h4-12,14H,13H2,1-3H3,(H,20,22). The van der Waals surface area contributed by atoms with Gasteiger partial charge < -0.3 is 10.1 Å². The van der Waals surface area contributed by atoms with E-state index < -0.39 is 28.5 Å². The summed E-state index contributed by atoms with van der Waals surface area (Å²) in [5, 5.41) is 2.73. The van der Waals surface area contributed by atoms with Gasteiger partial charge >= 0.3 is 5.97 Å². The van der Waals surface area contributed by atoms with Crippen molar-refractivity contribution in [1.82, 2.24) is 9.62 Å². The number of ether oxygens (including phenoxy) is 1. The SMILES string of the molecule is CC(NC(=O)COC(=O)c1cccc(S(=O)(=O)N(C)C)c1)c1ccccc1. The van der Waals surface area contributed by atoms with E-state index in [0.717, 1.165) is 9.87 Å². The summed E-state index contributed by atoms with van der Waals surface area (Å²) in [5.74, 6) is -1.22. The van der Waals surface area contributed by atoms with Gasteiger partial charge in [0.05, 0.1) is 16.5 Å². The maximum atomic E-state index is 12.1. The van der Waals surface area contributed by atoms with Gasteiger partial charge in [0.25, 0.3) is 5.91 Å².